The van der Waals surface area contributed by atoms with Crippen LogP contribution in [0.25, 0.3) is 0 Å². The largest absolute Gasteiger partial charge is 0.396 e. The highest BCUT2D eigenvalue weighted by molar-refractivity contribution is 4.89. The Bertz CT molecular complexity index is 161. The van der Waals surface area contributed by atoms with E-state index in [4.69, 9.17) is 5.11 Å². The maximum absolute atomic E-state index is 9.03. The van der Waals surface area contributed by atoms with Gasteiger partial charge in [-0.2, -0.15) is 0 Å². The van der Waals surface area contributed by atoms with Crippen LogP contribution in [0.5, 0.6) is 0 Å². The lowest BCUT2D eigenvalue weighted by Crippen LogP contribution is -2.50. The van der Waals surface area contributed by atoms with Crippen molar-refractivity contribution in [2.75, 3.05) is 26.7 Å². The monoisotopic (exact) mass is 183 g/mol. The second-order valence-corrected chi connectivity index (χ2v) is 4.85. The van der Waals surface area contributed by atoms with E-state index >= 15 is 0 Å². The first-order valence-corrected chi connectivity index (χ1v) is 5.60. The smallest absolute Gasteiger partial charge is 0.0433 e. The first-order valence-electron chi connectivity index (χ1n) is 5.60. The Morgan fingerprint density at radius 2 is 2.00 bits per heavy atom. The summed E-state index contributed by atoms with van der Waals surface area (Å²) in [5, 5.41) is 9.03. The van der Waals surface area contributed by atoms with E-state index in [0.29, 0.717) is 6.61 Å². The maximum atomic E-state index is 9.03. The first-order chi connectivity index (χ1) is 6.31. The fourth-order valence-corrected chi connectivity index (χ4v) is 2.89. The molecule has 13 heavy (non-hydrogen) atoms. The molecule has 0 bridgehead atoms. The fourth-order valence-electron chi connectivity index (χ4n) is 2.89. The zero-order valence-corrected chi connectivity index (χ0v) is 8.58. The maximum Gasteiger partial charge on any atom is 0.0433 e. The Hall–Kier alpha value is -0.0800. The topological polar surface area (TPSA) is 23.5 Å². The Morgan fingerprint density at radius 1 is 1.31 bits per heavy atom. The lowest BCUT2D eigenvalue weighted by Gasteiger charge is -2.46. The number of nitrogens with zero attached hydrogens (tertiary/aromatic N) is 1. The third-order valence-corrected chi connectivity index (χ3v) is 3.92. The molecule has 1 saturated carbocycles. The summed E-state index contributed by atoms with van der Waals surface area (Å²) in [6, 6.07) is 0. The van der Waals surface area contributed by atoms with Gasteiger partial charge in [-0.3, -0.25) is 0 Å². The molecule has 1 unspecified atom stereocenters. The van der Waals surface area contributed by atoms with Gasteiger partial charge in [-0.1, -0.05) is 19.3 Å². The quantitative estimate of drug-likeness (QED) is 0.711. The van der Waals surface area contributed by atoms with Crippen LogP contribution >= 0.6 is 0 Å². The number of hydrogen-bond donors (Lipinski definition) is 1. The van der Waals surface area contributed by atoms with Gasteiger partial charge >= 0.3 is 0 Å². The molecule has 76 valence electrons. The van der Waals surface area contributed by atoms with Gasteiger partial charge in [-0.15, -0.1) is 0 Å². The van der Waals surface area contributed by atoms with Gasteiger partial charge in [0.15, 0.2) is 0 Å². The summed E-state index contributed by atoms with van der Waals surface area (Å²) in [4.78, 5) is 2.38. The molecule has 1 N–H and O–H groups in total. The predicted molar refractivity (Wildman–Crippen MR) is 53.5 cm³/mol. The molecular formula is C11H21NO. The van der Waals surface area contributed by atoms with Crippen molar-refractivity contribution >= 4 is 0 Å². The zero-order valence-electron chi connectivity index (χ0n) is 8.58. The third-order valence-electron chi connectivity index (χ3n) is 3.92. The molecule has 0 spiro atoms. The summed E-state index contributed by atoms with van der Waals surface area (Å²) in [6.07, 6.45) is 5.31. The second kappa shape index (κ2) is 3.97. The van der Waals surface area contributed by atoms with Crippen molar-refractivity contribution in [3.8, 4) is 0 Å². The highest BCUT2D eigenvalue weighted by Crippen LogP contribution is 2.41. The van der Waals surface area contributed by atoms with Crippen molar-refractivity contribution in [2.24, 2.45) is 17.8 Å². The molecule has 0 radical (unpaired) electrons. The Labute approximate surface area is 80.9 Å². The van der Waals surface area contributed by atoms with E-state index in [2.05, 4.69) is 11.9 Å². The summed E-state index contributed by atoms with van der Waals surface area (Å²) >= 11 is 0. The van der Waals surface area contributed by atoms with E-state index in [-0.39, 0.29) is 0 Å². The van der Waals surface area contributed by atoms with Gasteiger partial charge in [0, 0.05) is 19.7 Å². The number of aliphatic hydroxyl groups is 1. The van der Waals surface area contributed by atoms with Crippen LogP contribution in [-0.2, 0) is 0 Å². The molecule has 2 fully saturated rings. The first kappa shape index (κ1) is 9.47. The summed E-state index contributed by atoms with van der Waals surface area (Å²) in [7, 11) is 2.19. The van der Waals surface area contributed by atoms with Gasteiger partial charge in [0.1, 0.15) is 0 Å². The average Bonchev–Trinajstić information content (AvgIpc) is 1.94. The highest BCUT2D eigenvalue weighted by atomic mass is 16.3. The predicted octanol–water partition coefficient (Wildman–Crippen LogP) is 1.35. The van der Waals surface area contributed by atoms with Crippen LogP contribution in [0.15, 0.2) is 0 Å². The highest BCUT2D eigenvalue weighted by Gasteiger charge is 2.37. The summed E-state index contributed by atoms with van der Waals surface area (Å²) in [6.45, 7) is 2.92. The zero-order chi connectivity index (χ0) is 9.26. The molecule has 2 rings (SSSR count). The Morgan fingerprint density at radius 3 is 2.38 bits per heavy atom. The van der Waals surface area contributed by atoms with Crippen LogP contribution in [0.1, 0.15) is 25.7 Å². The fraction of sp³-hybridized carbons (Fsp3) is 1.00. The average molecular weight is 183 g/mol. The van der Waals surface area contributed by atoms with Crippen molar-refractivity contribution in [1.29, 1.82) is 0 Å². The van der Waals surface area contributed by atoms with Crippen LogP contribution in [0.3, 0.4) is 0 Å². The van der Waals surface area contributed by atoms with E-state index < -0.39 is 0 Å². The SMILES string of the molecule is CN1CC(C(CCO)C2CCC2)C1. The molecule has 1 aliphatic heterocycles. The minimum absolute atomic E-state index is 0.390. The van der Waals surface area contributed by atoms with E-state index in [1.165, 1.54) is 32.4 Å². The van der Waals surface area contributed by atoms with Crippen molar-refractivity contribution in [2.45, 2.75) is 25.7 Å². The molecule has 1 saturated heterocycles. The molecule has 0 amide bonds. The minimum Gasteiger partial charge on any atom is -0.396 e. The third kappa shape index (κ3) is 1.89. The molecule has 1 heterocycles. The molecular weight excluding hydrogens is 162 g/mol. The van der Waals surface area contributed by atoms with Crippen LogP contribution in [0, 0.1) is 17.8 Å². The molecule has 1 aliphatic carbocycles. The van der Waals surface area contributed by atoms with Crippen molar-refractivity contribution in [3.63, 3.8) is 0 Å². The van der Waals surface area contributed by atoms with Gasteiger partial charge in [-0.25, -0.2) is 0 Å². The van der Waals surface area contributed by atoms with Crippen LogP contribution in [-0.4, -0.2) is 36.8 Å². The normalized spacial score (nSPS) is 28.2. The standard InChI is InChI=1S/C11H21NO/c1-12-7-10(8-12)11(5-6-13)9-3-2-4-9/h9-11,13H,2-8H2,1H3. The van der Waals surface area contributed by atoms with E-state index in [9.17, 15) is 0 Å². The lowest BCUT2D eigenvalue weighted by atomic mass is 9.67. The van der Waals surface area contributed by atoms with Crippen molar-refractivity contribution < 1.29 is 5.11 Å². The van der Waals surface area contributed by atoms with Crippen molar-refractivity contribution in [1.82, 2.24) is 4.90 Å². The second-order valence-electron chi connectivity index (χ2n) is 4.85. The molecule has 2 heteroatoms. The van der Waals surface area contributed by atoms with Gasteiger partial charge in [0.25, 0.3) is 0 Å². The number of likely N-dealkylation sites (tertiary alicyclic amines) is 1. The van der Waals surface area contributed by atoms with Gasteiger partial charge in [0.2, 0.25) is 0 Å². The van der Waals surface area contributed by atoms with Crippen LogP contribution in [0.2, 0.25) is 0 Å². The molecule has 1 atom stereocenters. The molecule has 2 aliphatic rings. The van der Waals surface area contributed by atoms with Gasteiger partial charge < -0.3 is 10.0 Å². The molecule has 2 nitrogen and oxygen atoms in total. The van der Waals surface area contributed by atoms with Crippen LogP contribution in [0.4, 0.5) is 0 Å². The Balaban J connectivity index is 1.82. The van der Waals surface area contributed by atoms with Gasteiger partial charge in [0.05, 0.1) is 0 Å². The van der Waals surface area contributed by atoms with E-state index in [1.54, 1.807) is 0 Å². The summed E-state index contributed by atoms with van der Waals surface area (Å²) in [5.41, 5.74) is 0. The van der Waals surface area contributed by atoms with Gasteiger partial charge in [-0.05, 0) is 31.2 Å². The summed E-state index contributed by atoms with van der Waals surface area (Å²) < 4.78 is 0. The molecule has 0 aromatic rings. The molecule has 0 aromatic carbocycles. The minimum atomic E-state index is 0.390. The lowest BCUT2D eigenvalue weighted by molar-refractivity contribution is 0.0178. The van der Waals surface area contributed by atoms with Crippen molar-refractivity contribution in [3.05, 3.63) is 0 Å². The Kier molecular flexibility index (Phi) is 2.89. The number of hydrogen-bond acceptors (Lipinski definition) is 2. The molecule has 0 aromatic heterocycles. The summed E-state index contributed by atoms with van der Waals surface area (Å²) in [5.74, 6) is 2.67. The van der Waals surface area contributed by atoms with E-state index in [0.717, 1.165) is 24.2 Å². The van der Waals surface area contributed by atoms with E-state index in [1.807, 2.05) is 0 Å². The van der Waals surface area contributed by atoms with Crippen LogP contribution < -0.4 is 0 Å². The number of aliphatic hydroxyl groups excluding tert-OH is 1. The number of rotatable bonds is 4.